The van der Waals surface area contributed by atoms with Crippen LogP contribution in [0.5, 0.6) is 5.75 Å². The summed E-state index contributed by atoms with van der Waals surface area (Å²) in [7, 11) is 0. The zero-order valence-corrected chi connectivity index (χ0v) is 17.5. The third-order valence-corrected chi connectivity index (χ3v) is 6.40. The molecule has 1 aliphatic rings. The van der Waals surface area contributed by atoms with E-state index < -0.39 is 5.91 Å². The molecule has 6 heteroatoms. The van der Waals surface area contributed by atoms with Gasteiger partial charge in [-0.3, -0.25) is 4.79 Å². The number of anilines is 2. The number of aromatic hydroxyl groups is 1. The number of phenols is 1. The van der Waals surface area contributed by atoms with Gasteiger partial charge in [-0.1, -0.05) is 60.3 Å². The van der Waals surface area contributed by atoms with Gasteiger partial charge in [0.1, 0.15) is 5.75 Å². The summed E-state index contributed by atoms with van der Waals surface area (Å²) in [5.74, 6) is -0.500. The topological polar surface area (TPSA) is 73.7 Å². The van der Waals surface area contributed by atoms with E-state index in [4.69, 9.17) is 0 Å². The first kappa shape index (κ1) is 19.2. The second-order valence-corrected chi connectivity index (χ2v) is 8.34. The van der Waals surface area contributed by atoms with Crippen LogP contribution in [0.15, 0.2) is 93.8 Å². The van der Waals surface area contributed by atoms with Crippen LogP contribution in [-0.4, -0.2) is 16.7 Å². The van der Waals surface area contributed by atoms with Crippen molar-refractivity contribution in [2.24, 2.45) is 5.10 Å². The first-order chi connectivity index (χ1) is 15.1. The molecule has 1 heterocycles. The average Bonchev–Trinajstić information content (AvgIpc) is 2.81. The van der Waals surface area contributed by atoms with Gasteiger partial charge in [-0.25, -0.2) is 5.43 Å². The number of rotatable bonds is 3. The van der Waals surface area contributed by atoms with Gasteiger partial charge in [-0.15, -0.1) is 0 Å². The lowest BCUT2D eigenvalue weighted by Crippen LogP contribution is -2.19. The van der Waals surface area contributed by atoms with E-state index in [1.54, 1.807) is 23.9 Å². The highest BCUT2D eigenvalue weighted by atomic mass is 32.2. The van der Waals surface area contributed by atoms with Crippen molar-refractivity contribution < 1.29 is 9.90 Å². The second kappa shape index (κ2) is 7.81. The van der Waals surface area contributed by atoms with Crippen LogP contribution in [0, 0.1) is 0 Å². The summed E-state index contributed by atoms with van der Waals surface area (Å²) in [6, 6.07) is 25.0. The highest BCUT2D eigenvalue weighted by Gasteiger charge is 2.17. The Morgan fingerprint density at radius 3 is 2.61 bits per heavy atom. The van der Waals surface area contributed by atoms with Crippen molar-refractivity contribution in [2.75, 3.05) is 5.32 Å². The minimum atomic E-state index is -0.455. The van der Waals surface area contributed by atoms with E-state index in [0.717, 1.165) is 27.2 Å². The SMILES string of the molecule is C/C(=N\NC(=O)c1ccc2ccccc2c1O)c1ccc2c(c1)Nc1ccccc1S2. The maximum atomic E-state index is 12.6. The van der Waals surface area contributed by atoms with Crippen LogP contribution in [0.25, 0.3) is 10.8 Å². The lowest BCUT2D eigenvalue weighted by Gasteiger charge is -2.21. The van der Waals surface area contributed by atoms with E-state index >= 15 is 0 Å². The minimum absolute atomic E-state index is 0.0443. The van der Waals surface area contributed by atoms with E-state index in [1.807, 2.05) is 61.5 Å². The summed E-state index contributed by atoms with van der Waals surface area (Å²) in [4.78, 5) is 15.0. The number of phenolic OH excluding ortho intramolecular Hbond substituents is 1. The maximum absolute atomic E-state index is 12.6. The van der Waals surface area contributed by atoms with Crippen LogP contribution >= 0.6 is 11.8 Å². The molecule has 0 bridgehead atoms. The highest BCUT2D eigenvalue weighted by molar-refractivity contribution is 7.99. The molecule has 0 saturated carbocycles. The predicted molar refractivity (Wildman–Crippen MR) is 126 cm³/mol. The third kappa shape index (κ3) is 3.62. The highest BCUT2D eigenvalue weighted by Crippen LogP contribution is 2.44. The van der Waals surface area contributed by atoms with Gasteiger partial charge < -0.3 is 10.4 Å². The lowest BCUT2D eigenvalue weighted by molar-refractivity contribution is 0.0952. The van der Waals surface area contributed by atoms with Crippen molar-refractivity contribution in [3.05, 3.63) is 90.0 Å². The molecular formula is C25H19N3O2S. The Kier molecular flexibility index (Phi) is 4.84. The Morgan fingerprint density at radius 2 is 1.71 bits per heavy atom. The quantitative estimate of drug-likeness (QED) is 0.248. The van der Waals surface area contributed by atoms with Crippen molar-refractivity contribution in [1.82, 2.24) is 5.43 Å². The van der Waals surface area contributed by atoms with E-state index in [0.29, 0.717) is 11.1 Å². The third-order valence-electron chi connectivity index (χ3n) is 5.24. The molecular weight excluding hydrogens is 406 g/mol. The number of carbonyl (C=O) groups excluding carboxylic acids is 1. The van der Waals surface area contributed by atoms with Crippen LogP contribution in [0.3, 0.4) is 0 Å². The fourth-order valence-corrected chi connectivity index (χ4v) is 4.53. The van der Waals surface area contributed by atoms with Crippen LogP contribution in [0.2, 0.25) is 0 Å². The minimum Gasteiger partial charge on any atom is -0.506 e. The molecule has 1 amide bonds. The molecule has 0 atom stereocenters. The van der Waals surface area contributed by atoms with E-state index in [1.165, 1.54) is 4.90 Å². The predicted octanol–water partition coefficient (Wildman–Crippen LogP) is 5.91. The van der Waals surface area contributed by atoms with Crippen molar-refractivity contribution >= 4 is 45.5 Å². The van der Waals surface area contributed by atoms with Gasteiger partial charge in [0.2, 0.25) is 0 Å². The summed E-state index contributed by atoms with van der Waals surface area (Å²) in [5.41, 5.74) is 6.40. The Bertz CT molecular complexity index is 1360. The van der Waals surface area contributed by atoms with Crippen molar-refractivity contribution in [1.29, 1.82) is 0 Å². The Morgan fingerprint density at radius 1 is 0.935 bits per heavy atom. The smallest absolute Gasteiger partial charge is 0.275 e. The number of amides is 1. The van der Waals surface area contributed by atoms with Gasteiger partial charge in [0, 0.05) is 15.2 Å². The summed E-state index contributed by atoms with van der Waals surface area (Å²) < 4.78 is 0. The fraction of sp³-hybridized carbons (Fsp3) is 0.0400. The molecule has 31 heavy (non-hydrogen) atoms. The molecule has 0 aromatic heterocycles. The van der Waals surface area contributed by atoms with Crippen LogP contribution < -0.4 is 10.7 Å². The fourth-order valence-electron chi connectivity index (χ4n) is 3.56. The van der Waals surface area contributed by atoms with Crippen molar-refractivity contribution in [2.45, 2.75) is 16.7 Å². The molecule has 4 aromatic rings. The van der Waals surface area contributed by atoms with Gasteiger partial charge in [0.05, 0.1) is 22.6 Å². The number of para-hydroxylation sites is 1. The number of carbonyl (C=O) groups is 1. The summed E-state index contributed by atoms with van der Waals surface area (Å²) >= 11 is 1.72. The number of hydrazone groups is 1. The first-order valence-electron chi connectivity index (χ1n) is 9.84. The van der Waals surface area contributed by atoms with Gasteiger partial charge in [0.25, 0.3) is 5.91 Å². The molecule has 0 radical (unpaired) electrons. The molecule has 0 unspecified atom stereocenters. The summed E-state index contributed by atoms with van der Waals surface area (Å²) in [5, 5.41) is 19.7. The standard InChI is InChI=1S/C25H19N3O2S/c1-15(17-11-13-23-21(14-17)26-20-8-4-5-9-22(20)31-23)27-28-25(30)19-12-10-16-6-2-3-7-18(16)24(19)29/h2-14,26,29H,1H3,(H,28,30)/b27-15+. The number of nitrogens with one attached hydrogen (secondary N) is 2. The largest absolute Gasteiger partial charge is 0.506 e. The van der Waals surface area contributed by atoms with E-state index in [2.05, 4.69) is 28.0 Å². The van der Waals surface area contributed by atoms with Gasteiger partial charge >= 0.3 is 0 Å². The molecule has 3 N–H and O–H groups in total. The summed E-state index contributed by atoms with van der Waals surface area (Å²) in [6.45, 7) is 1.84. The van der Waals surface area contributed by atoms with Crippen molar-refractivity contribution in [3.63, 3.8) is 0 Å². The van der Waals surface area contributed by atoms with Crippen molar-refractivity contribution in [3.8, 4) is 5.75 Å². The molecule has 5 rings (SSSR count). The zero-order chi connectivity index (χ0) is 21.4. The molecule has 0 saturated heterocycles. The first-order valence-corrected chi connectivity index (χ1v) is 10.7. The monoisotopic (exact) mass is 425 g/mol. The molecule has 0 fully saturated rings. The average molecular weight is 426 g/mol. The Balaban J connectivity index is 1.37. The molecule has 1 aliphatic heterocycles. The molecule has 5 nitrogen and oxygen atoms in total. The Labute approximate surface area is 183 Å². The van der Waals surface area contributed by atoms with Gasteiger partial charge in [-0.2, -0.15) is 5.10 Å². The molecule has 152 valence electrons. The van der Waals surface area contributed by atoms with Crippen LogP contribution in [0.1, 0.15) is 22.8 Å². The number of hydrogen-bond donors (Lipinski definition) is 3. The number of benzene rings is 4. The van der Waals surface area contributed by atoms with E-state index in [-0.39, 0.29) is 11.3 Å². The number of fused-ring (bicyclic) bond motifs is 3. The van der Waals surface area contributed by atoms with Crippen LogP contribution in [-0.2, 0) is 0 Å². The van der Waals surface area contributed by atoms with Gasteiger partial charge in [0.15, 0.2) is 0 Å². The lowest BCUT2D eigenvalue weighted by atomic mass is 10.1. The van der Waals surface area contributed by atoms with Crippen LogP contribution in [0.4, 0.5) is 11.4 Å². The second-order valence-electron chi connectivity index (χ2n) is 7.26. The van der Waals surface area contributed by atoms with Gasteiger partial charge in [-0.05, 0) is 48.2 Å². The molecule has 4 aromatic carbocycles. The molecule has 0 aliphatic carbocycles. The Hall–Kier alpha value is -3.77. The number of nitrogens with zero attached hydrogens (tertiary/aromatic N) is 1. The normalized spacial score (nSPS) is 12.6. The zero-order valence-electron chi connectivity index (χ0n) is 16.7. The number of hydrogen-bond acceptors (Lipinski definition) is 5. The summed E-state index contributed by atoms with van der Waals surface area (Å²) in [6.07, 6.45) is 0. The van der Waals surface area contributed by atoms with E-state index in [9.17, 15) is 9.90 Å². The molecule has 0 spiro atoms. The maximum Gasteiger partial charge on any atom is 0.275 e.